The first kappa shape index (κ1) is 25.9. The molecule has 1 aliphatic rings. The number of amides is 3. The average molecular weight is 538 g/mol. The van der Waals surface area contributed by atoms with Crippen molar-refractivity contribution >= 4 is 64.0 Å². The van der Waals surface area contributed by atoms with E-state index in [0.29, 0.717) is 28.4 Å². The van der Waals surface area contributed by atoms with E-state index in [0.717, 1.165) is 4.90 Å². The van der Waals surface area contributed by atoms with E-state index >= 15 is 0 Å². The normalized spacial score (nSPS) is 13.1. The Morgan fingerprint density at radius 1 is 0.865 bits per heavy atom. The number of hydrogen-bond acceptors (Lipinski definition) is 6. The molecule has 1 heterocycles. The molecule has 0 spiro atoms. The molecule has 0 aromatic heterocycles. The molecule has 0 fully saturated rings. The van der Waals surface area contributed by atoms with E-state index in [2.05, 4.69) is 10.6 Å². The van der Waals surface area contributed by atoms with E-state index in [9.17, 15) is 19.2 Å². The highest BCUT2D eigenvalue weighted by Crippen LogP contribution is 2.32. The monoisotopic (exact) mass is 537 g/mol. The highest BCUT2D eigenvalue weighted by atomic mass is 35.5. The van der Waals surface area contributed by atoms with Gasteiger partial charge in [-0.3, -0.25) is 14.4 Å². The lowest BCUT2D eigenvalue weighted by Crippen LogP contribution is -2.33. The summed E-state index contributed by atoms with van der Waals surface area (Å²) < 4.78 is 5.18. The maximum atomic E-state index is 13.2. The SMILES string of the molecule is CCCOC(=O)c1ccccc1N1C(=O)C(Cl)=C(Nc2ccc(C(=O)Nc3ccc(Cl)cc3)cc2)C1=O. The van der Waals surface area contributed by atoms with Crippen LogP contribution in [0.3, 0.4) is 0 Å². The zero-order chi connectivity index (χ0) is 26.5. The van der Waals surface area contributed by atoms with Crippen LogP contribution in [0.1, 0.15) is 34.1 Å². The summed E-state index contributed by atoms with van der Waals surface area (Å²) in [6.45, 7) is 2.06. The van der Waals surface area contributed by atoms with Gasteiger partial charge in [-0.2, -0.15) is 0 Å². The number of halogens is 2. The fourth-order valence-corrected chi connectivity index (χ4v) is 3.87. The van der Waals surface area contributed by atoms with Crippen LogP contribution in [-0.4, -0.2) is 30.3 Å². The van der Waals surface area contributed by atoms with Gasteiger partial charge in [0, 0.05) is 22.0 Å². The molecule has 0 bridgehead atoms. The molecule has 0 atom stereocenters. The summed E-state index contributed by atoms with van der Waals surface area (Å²) in [4.78, 5) is 51.9. The summed E-state index contributed by atoms with van der Waals surface area (Å²) in [5.41, 5.74) is 1.37. The highest BCUT2D eigenvalue weighted by Gasteiger charge is 2.40. The number of nitrogens with one attached hydrogen (secondary N) is 2. The number of benzene rings is 3. The van der Waals surface area contributed by atoms with Crippen LogP contribution in [0.15, 0.2) is 83.5 Å². The molecule has 10 heteroatoms. The van der Waals surface area contributed by atoms with Crippen molar-refractivity contribution in [2.75, 3.05) is 22.1 Å². The van der Waals surface area contributed by atoms with Gasteiger partial charge in [-0.25, -0.2) is 9.69 Å². The van der Waals surface area contributed by atoms with Crippen molar-refractivity contribution in [3.63, 3.8) is 0 Å². The second-order valence-electron chi connectivity index (χ2n) is 7.95. The fraction of sp³-hybridized carbons (Fsp3) is 0.111. The minimum atomic E-state index is -0.774. The van der Waals surface area contributed by atoms with E-state index in [1.165, 1.54) is 12.1 Å². The van der Waals surface area contributed by atoms with Gasteiger partial charge in [-0.05, 0) is 67.1 Å². The summed E-state index contributed by atoms with van der Waals surface area (Å²) in [7, 11) is 0. The molecule has 8 nitrogen and oxygen atoms in total. The van der Waals surface area contributed by atoms with Gasteiger partial charge in [-0.15, -0.1) is 0 Å². The summed E-state index contributed by atoms with van der Waals surface area (Å²) in [6, 6.07) is 19.1. The summed E-state index contributed by atoms with van der Waals surface area (Å²) in [5.74, 6) is -2.49. The Bertz CT molecular complexity index is 1400. The quantitative estimate of drug-likeness (QED) is 0.286. The van der Waals surface area contributed by atoms with E-state index < -0.39 is 17.8 Å². The van der Waals surface area contributed by atoms with Crippen LogP contribution in [0.2, 0.25) is 5.02 Å². The van der Waals surface area contributed by atoms with E-state index in [1.807, 2.05) is 6.92 Å². The van der Waals surface area contributed by atoms with Crippen LogP contribution >= 0.6 is 23.2 Å². The number of hydrogen-bond donors (Lipinski definition) is 2. The first-order valence-electron chi connectivity index (χ1n) is 11.3. The molecule has 0 saturated heterocycles. The van der Waals surface area contributed by atoms with Crippen LogP contribution < -0.4 is 15.5 Å². The third kappa shape index (κ3) is 5.66. The van der Waals surface area contributed by atoms with Crippen molar-refractivity contribution in [3.05, 3.63) is 99.7 Å². The molecule has 3 aromatic carbocycles. The molecule has 0 aliphatic carbocycles. The van der Waals surface area contributed by atoms with Crippen molar-refractivity contribution in [3.8, 4) is 0 Å². The standard InChI is InChI=1S/C27H21Cl2N3O5/c1-2-15-37-27(36)20-5-3-4-6-21(20)32-25(34)22(29)23(26(32)35)30-18-11-7-16(8-12-18)24(33)31-19-13-9-17(28)10-14-19/h3-14,30H,2,15H2,1H3,(H,31,33). The number of rotatable bonds is 8. The third-order valence-electron chi connectivity index (χ3n) is 5.35. The lowest BCUT2D eigenvalue weighted by molar-refractivity contribution is -0.120. The van der Waals surface area contributed by atoms with Crippen molar-refractivity contribution in [1.29, 1.82) is 0 Å². The topological polar surface area (TPSA) is 105 Å². The van der Waals surface area contributed by atoms with Crippen LogP contribution in [-0.2, 0) is 14.3 Å². The number of ether oxygens (including phenoxy) is 1. The van der Waals surface area contributed by atoms with Crippen LogP contribution in [0.25, 0.3) is 0 Å². The first-order chi connectivity index (χ1) is 17.8. The lowest BCUT2D eigenvalue weighted by atomic mass is 10.1. The van der Waals surface area contributed by atoms with Crippen molar-refractivity contribution in [2.45, 2.75) is 13.3 Å². The molecule has 188 valence electrons. The predicted molar refractivity (Wildman–Crippen MR) is 142 cm³/mol. The van der Waals surface area contributed by atoms with Gasteiger partial charge in [0.1, 0.15) is 10.7 Å². The van der Waals surface area contributed by atoms with Crippen LogP contribution in [0.4, 0.5) is 17.1 Å². The molecule has 0 unspecified atom stereocenters. The second kappa shape index (κ2) is 11.3. The Hall–Kier alpha value is -4.14. The smallest absolute Gasteiger partial charge is 0.340 e. The number of nitrogens with zero attached hydrogens (tertiary/aromatic N) is 1. The van der Waals surface area contributed by atoms with Gasteiger partial charge < -0.3 is 15.4 Å². The second-order valence-corrected chi connectivity index (χ2v) is 8.77. The van der Waals surface area contributed by atoms with Gasteiger partial charge in [-0.1, -0.05) is 42.3 Å². The molecule has 37 heavy (non-hydrogen) atoms. The van der Waals surface area contributed by atoms with Crippen LogP contribution in [0, 0.1) is 0 Å². The Kier molecular flexibility index (Phi) is 7.91. The van der Waals surface area contributed by atoms with Gasteiger partial charge in [0.05, 0.1) is 17.9 Å². The molecule has 1 aliphatic heterocycles. The third-order valence-corrected chi connectivity index (χ3v) is 5.95. The van der Waals surface area contributed by atoms with Crippen molar-refractivity contribution in [2.24, 2.45) is 0 Å². The average Bonchev–Trinajstić information content (AvgIpc) is 3.11. The number of imide groups is 1. The Morgan fingerprint density at radius 3 is 2.19 bits per heavy atom. The molecule has 2 N–H and O–H groups in total. The molecule has 3 amide bonds. The van der Waals surface area contributed by atoms with Gasteiger partial charge >= 0.3 is 5.97 Å². The highest BCUT2D eigenvalue weighted by molar-refractivity contribution is 6.53. The van der Waals surface area contributed by atoms with E-state index in [1.54, 1.807) is 60.7 Å². The first-order valence-corrected chi connectivity index (χ1v) is 12.0. The molecule has 0 radical (unpaired) electrons. The van der Waals surface area contributed by atoms with Gasteiger partial charge in [0.2, 0.25) is 0 Å². The van der Waals surface area contributed by atoms with E-state index in [-0.39, 0.29) is 34.5 Å². The number of esters is 1. The number of para-hydroxylation sites is 1. The minimum absolute atomic E-state index is 0.0689. The molecule has 3 aromatic rings. The Morgan fingerprint density at radius 2 is 1.51 bits per heavy atom. The maximum absolute atomic E-state index is 13.2. The van der Waals surface area contributed by atoms with Crippen LogP contribution in [0.5, 0.6) is 0 Å². The molecular weight excluding hydrogens is 517 g/mol. The lowest BCUT2D eigenvalue weighted by Gasteiger charge is -2.18. The number of carbonyl (C=O) groups is 4. The van der Waals surface area contributed by atoms with Crippen molar-refractivity contribution in [1.82, 2.24) is 0 Å². The predicted octanol–water partition coefficient (Wildman–Crippen LogP) is 5.59. The molecular formula is C27H21Cl2N3O5. The Labute approximate surface area is 222 Å². The summed E-state index contributed by atoms with van der Waals surface area (Å²) in [6.07, 6.45) is 0.624. The zero-order valence-electron chi connectivity index (χ0n) is 19.6. The Balaban J connectivity index is 1.50. The summed E-state index contributed by atoms with van der Waals surface area (Å²) >= 11 is 12.1. The van der Waals surface area contributed by atoms with Gasteiger partial charge in [0.25, 0.3) is 17.7 Å². The minimum Gasteiger partial charge on any atom is -0.462 e. The van der Waals surface area contributed by atoms with Gasteiger partial charge in [0.15, 0.2) is 0 Å². The number of carbonyl (C=O) groups excluding carboxylic acids is 4. The number of anilines is 3. The van der Waals surface area contributed by atoms with E-state index in [4.69, 9.17) is 27.9 Å². The van der Waals surface area contributed by atoms with Crippen molar-refractivity contribution < 1.29 is 23.9 Å². The molecule has 4 rings (SSSR count). The largest absolute Gasteiger partial charge is 0.462 e. The fourth-order valence-electron chi connectivity index (χ4n) is 3.53. The molecule has 0 saturated carbocycles. The maximum Gasteiger partial charge on any atom is 0.340 e. The zero-order valence-corrected chi connectivity index (χ0v) is 21.1. The summed E-state index contributed by atoms with van der Waals surface area (Å²) in [5, 5.41) is 5.83.